The molecule has 5 nitrogen and oxygen atoms in total. The number of aromatic nitrogens is 2. The van der Waals surface area contributed by atoms with E-state index in [2.05, 4.69) is 15.3 Å². The van der Waals surface area contributed by atoms with Crippen LogP contribution in [-0.4, -0.2) is 35.3 Å². The van der Waals surface area contributed by atoms with E-state index in [4.69, 9.17) is 0 Å². The molecule has 20 heavy (non-hydrogen) atoms. The van der Waals surface area contributed by atoms with Crippen molar-refractivity contribution < 1.29 is 9.50 Å². The molecule has 6 heteroatoms. The molecule has 1 heterocycles. The third-order valence-electron chi connectivity index (χ3n) is 2.83. The maximum Gasteiger partial charge on any atom is 0.224 e. The second-order valence-electron chi connectivity index (χ2n) is 4.25. The highest BCUT2D eigenvalue weighted by Gasteiger charge is 2.15. The quantitative estimate of drug-likeness (QED) is 0.840. The van der Waals surface area contributed by atoms with Crippen LogP contribution in [-0.2, 0) is 6.54 Å². The molecule has 0 aliphatic heterocycles. The first-order valence-electron chi connectivity index (χ1n) is 6.34. The van der Waals surface area contributed by atoms with Crippen molar-refractivity contribution in [2.75, 3.05) is 30.4 Å². The highest BCUT2D eigenvalue weighted by molar-refractivity contribution is 5.44. The van der Waals surface area contributed by atoms with E-state index in [1.54, 1.807) is 11.9 Å². The molecule has 0 bridgehead atoms. The van der Waals surface area contributed by atoms with E-state index in [-0.39, 0.29) is 12.4 Å². The first-order valence-corrected chi connectivity index (χ1v) is 6.34. The summed E-state index contributed by atoms with van der Waals surface area (Å²) in [5, 5.41) is 11.9. The minimum absolute atomic E-state index is 0.0782. The van der Waals surface area contributed by atoms with E-state index in [9.17, 15) is 9.50 Å². The van der Waals surface area contributed by atoms with Crippen LogP contribution in [0.4, 0.5) is 16.2 Å². The van der Waals surface area contributed by atoms with Crippen LogP contribution in [0, 0.1) is 5.82 Å². The molecule has 0 radical (unpaired) electrons. The summed E-state index contributed by atoms with van der Waals surface area (Å²) in [6.45, 7) is 0.690. The van der Waals surface area contributed by atoms with Crippen molar-refractivity contribution in [2.24, 2.45) is 0 Å². The van der Waals surface area contributed by atoms with Crippen LogP contribution < -0.4 is 10.2 Å². The second-order valence-corrected chi connectivity index (χ2v) is 4.25. The number of halogens is 1. The Morgan fingerprint density at radius 2 is 2.05 bits per heavy atom. The minimum Gasteiger partial charge on any atom is -0.395 e. The van der Waals surface area contributed by atoms with Gasteiger partial charge in [-0.15, -0.1) is 0 Å². The topological polar surface area (TPSA) is 61.3 Å². The van der Waals surface area contributed by atoms with Crippen molar-refractivity contribution in [1.82, 2.24) is 9.97 Å². The first-order chi connectivity index (χ1) is 9.74. The fraction of sp³-hybridized carbons (Fsp3) is 0.286. The lowest BCUT2D eigenvalue weighted by atomic mass is 10.2. The summed E-state index contributed by atoms with van der Waals surface area (Å²) < 4.78 is 13.9. The molecule has 1 aromatic carbocycles. The normalized spacial score (nSPS) is 10.3. The van der Waals surface area contributed by atoms with Gasteiger partial charge in [-0.25, -0.2) is 9.37 Å². The van der Waals surface area contributed by atoms with E-state index >= 15 is 0 Å². The summed E-state index contributed by atoms with van der Waals surface area (Å²) in [6, 6.07) is 9.65. The molecule has 0 spiro atoms. The second kappa shape index (κ2) is 6.81. The first kappa shape index (κ1) is 14.2. The summed E-state index contributed by atoms with van der Waals surface area (Å²) in [7, 11) is 1.67. The summed E-state index contributed by atoms with van der Waals surface area (Å²) in [4.78, 5) is 9.63. The predicted octanol–water partition coefficient (Wildman–Crippen LogP) is 1.66. The molecule has 0 aliphatic carbocycles. The van der Waals surface area contributed by atoms with Crippen LogP contribution in [0.5, 0.6) is 0 Å². The molecule has 0 saturated heterocycles. The number of benzene rings is 1. The zero-order chi connectivity index (χ0) is 14.4. The van der Waals surface area contributed by atoms with Crippen molar-refractivity contribution >= 4 is 11.8 Å². The predicted molar refractivity (Wildman–Crippen MR) is 76.1 cm³/mol. The zero-order valence-electron chi connectivity index (χ0n) is 11.3. The lowest BCUT2D eigenvalue weighted by Crippen LogP contribution is -2.28. The molecule has 0 aliphatic rings. The molecule has 0 saturated carbocycles. The van der Waals surface area contributed by atoms with Gasteiger partial charge >= 0.3 is 0 Å². The molecule has 0 fully saturated rings. The number of nitrogens with zero attached hydrogens (tertiary/aromatic N) is 3. The van der Waals surface area contributed by atoms with Crippen LogP contribution in [0.3, 0.4) is 0 Å². The number of hydrogen-bond donors (Lipinski definition) is 2. The molecule has 0 amide bonds. The fourth-order valence-corrected chi connectivity index (χ4v) is 1.88. The van der Waals surface area contributed by atoms with Gasteiger partial charge in [0.1, 0.15) is 0 Å². The smallest absolute Gasteiger partial charge is 0.224 e. The number of nitrogens with one attached hydrogen (secondary N) is 1. The third kappa shape index (κ3) is 3.42. The van der Waals surface area contributed by atoms with E-state index in [0.717, 1.165) is 11.8 Å². The standard InChI is InChI=1S/C14H17FN4O/c1-16-14-17-9-12(15)13(18-14)19(7-8-20)10-11-5-3-2-4-6-11/h2-6,9,20H,7-8,10H2,1H3,(H,16,17,18). The van der Waals surface area contributed by atoms with Gasteiger partial charge < -0.3 is 15.3 Å². The van der Waals surface area contributed by atoms with Crippen LogP contribution in [0.2, 0.25) is 0 Å². The Bertz CT molecular complexity index is 550. The zero-order valence-corrected chi connectivity index (χ0v) is 11.3. The number of aliphatic hydroxyl groups is 1. The lowest BCUT2D eigenvalue weighted by Gasteiger charge is -2.23. The van der Waals surface area contributed by atoms with Gasteiger partial charge in [0, 0.05) is 20.1 Å². The van der Waals surface area contributed by atoms with Gasteiger partial charge in [0.2, 0.25) is 5.95 Å². The van der Waals surface area contributed by atoms with E-state index in [0.29, 0.717) is 19.0 Å². The Morgan fingerprint density at radius 3 is 2.70 bits per heavy atom. The molecule has 0 atom stereocenters. The lowest BCUT2D eigenvalue weighted by molar-refractivity contribution is 0.300. The van der Waals surface area contributed by atoms with Gasteiger partial charge in [0.05, 0.1) is 12.8 Å². The summed E-state index contributed by atoms with van der Waals surface area (Å²) in [5.41, 5.74) is 1.02. The Morgan fingerprint density at radius 1 is 1.30 bits per heavy atom. The molecular formula is C14H17FN4O. The average Bonchev–Trinajstić information content (AvgIpc) is 2.48. The van der Waals surface area contributed by atoms with Gasteiger partial charge in [-0.3, -0.25) is 0 Å². The largest absolute Gasteiger partial charge is 0.395 e. The van der Waals surface area contributed by atoms with Crippen molar-refractivity contribution in [3.63, 3.8) is 0 Å². The van der Waals surface area contributed by atoms with Gasteiger partial charge in [0.25, 0.3) is 0 Å². The third-order valence-corrected chi connectivity index (χ3v) is 2.83. The monoisotopic (exact) mass is 276 g/mol. The molecule has 2 aromatic rings. The van der Waals surface area contributed by atoms with E-state index < -0.39 is 5.82 Å². The number of hydrogen-bond acceptors (Lipinski definition) is 5. The van der Waals surface area contributed by atoms with Crippen molar-refractivity contribution in [3.05, 3.63) is 47.9 Å². The SMILES string of the molecule is CNc1ncc(F)c(N(CCO)Cc2ccccc2)n1. The van der Waals surface area contributed by atoms with Crippen LogP contribution >= 0.6 is 0 Å². The molecule has 0 unspecified atom stereocenters. The number of aliphatic hydroxyl groups excluding tert-OH is 1. The summed E-state index contributed by atoms with van der Waals surface area (Å²) in [6.07, 6.45) is 1.13. The molecule has 106 valence electrons. The molecular weight excluding hydrogens is 259 g/mol. The fourth-order valence-electron chi connectivity index (χ4n) is 1.88. The highest BCUT2D eigenvalue weighted by atomic mass is 19.1. The van der Waals surface area contributed by atoms with Gasteiger partial charge in [-0.05, 0) is 5.56 Å². The van der Waals surface area contributed by atoms with Gasteiger partial charge in [0.15, 0.2) is 11.6 Å². The Labute approximate surface area is 117 Å². The van der Waals surface area contributed by atoms with Gasteiger partial charge in [-0.2, -0.15) is 4.98 Å². The van der Waals surface area contributed by atoms with Crippen molar-refractivity contribution in [1.29, 1.82) is 0 Å². The van der Waals surface area contributed by atoms with Crippen molar-refractivity contribution in [3.8, 4) is 0 Å². The Balaban J connectivity index is 2.28. The van der Waals surface area contributed by atoms with Crippen LogP contribution in [0.25, 0.3) is 0 Å². The number of anilines is 2. The molecule has 1 aromatic heterocycles. The molecule has 2 N–H and O–H groups in total. The number of rotatable bonds is 6. The summed E-state index contributed by atoms with van der Waals surface area (Å²) >= 11 is 0. The Kier molecular flexibility index (Phi) is 4.84. The average molecular weight is 276 g/mol. The Hall–Kier alpha value is -2.21. The molecule has 2 rings (SSSR count). The van der Waals surface area contributed by atoms with E-state index in [1.807, 2.05) is 30.3 Å². The maximum absolute atomic E-state index is 13.9. The van der Waals surface area contributed by atoms with E-state index in [1.165, 1.54) is 0 Å². The minimum atomic E-state index is -0.506. The van der Waals surface area contributed by atoms with Crippen LogP contribution in [0.1, 0.15) is 5.56 Å². The van der Waals surface area contributed by atoms with Crippen LogP contribution in [0.15, 0.2) is 36.5 Å². The van der Waals surface area contributed by atoms with Gasteiger partial charge in [-0.1, -0.05) is 30.3 Å². The highest BCUT2D eigenvalue weighted by Crippen LogP contribution is 2.19. The summed E-state index contributed by atoms with van der Waals surface area (Å²) in [5.74, 6) is 0.0213. The van der Waals surface area contributed by atoms with Crippen molar-refractivity contribution in [2.45, 2.75) is 6.54 Å². The maximum atomic E-state index is 13.9.